The first-order valence-electron chi connectivity index (χ1n) is 5.09. The van der Waals surface area contributed by atoms with Gasteiger partial charge < -0.3 is 9.73 Å². The van der Waals surface area contributed by atoms with Gasteiger partial charge in [0.25, 0.3) is 0 Å². The van der Waals surface area contributed by atoms with Gasteiger partial charge in [-0.2, -0.15) is 0 Å². The second-order valence-corrected chi connectivity index (χ2v) is 5.70. The lowest BCUT2D eigenvalue weighted by Crippen LogP contribution is -2.04. The molecule has 0 bridgehead atoms. The topological polar surface area (TPSA) is 68.0 Å². The fourth-order valence-electron chi connectivity index (χ4n) is 1.15. The summed E-state index contributed by atoms with van der Waals surface area (Å²) in [7, 11) is 0. The fourth-order valence-corrected chi connectivity index (χ4v) is 2.97. The number of aromatic nitrogens is 2. The number of carbonyl (C=O) groups is 1. The molecule has 0 aliphatic rings. The van der Waals surface area contributed by atoms with Gasteiger partial charge in [0.05, 0.1) is 16.6 Å². The monoisotopic (exact) mass is 281 g/mol. The summed E-state index contributed by atoms with van der Waals surface area (Å²) >= 11 is 3.01. The lowest BCUT2D eigenvalue weighted by Gasteiger charge is -1.98. The van der Waals surface area contributed by atoms with Crippen molar-refractivity contribution < 1.29 is 9.21 Å². The number of thiazole rings is 1. The molecule has 18 heavy (non-hydrogen) atoms. The molecule has 2 aromatic heterocycles. The Balaban J connectivity index is 1.88. The summed E-state index contributed by atoms with van der Waals surface area (Å²) in [5, 5.41) is 3.25. The largest absolute Gasteiger partial charge is 0.445 e. The van der Waals surface area contributed by atoms with Gasteiger partial charge in [0.15, 0.2) is 5.13 Å². The summed E-state index contributed by atoms with van der Waals surface area (Å²) in [6, 6.07) is 0. The Kier molecular flexibility index (Phi) is 4.16. The smallest absolute Gasteiger partial charge is 0.223 e. The number of anilines is 1. The van der Waals surface area contributed by atoms with Gasteiger partial charge in [0.1, 0.15) is 6.26 Å². The zero-order chi connectivity index (χ0) is 13.0. The maximum atomic E-state index is 10.9. The normalized spacial score (nSPS) is 10.3. The van der Waals surface area contributed by atoms with E-state index in [0.29, 0.717) is 16.8 Å². The minimum Gasteiger partial charge on any atom is -0.445 e. The Labute approximate surface area is 112 Å². The molecule has 0 aliphatic carbocycles. The molecule has 94 valence electrons. The van der Waals surface area contributed by atoms with Crippen molar-refractivity contribution in [1.29, 1.82) is 0 Å². The van der Waals surface area contributed by atoms with E-state index in [1.807, 2.05) is 0 Å². The molecule has 0 radical (unpaired) electrons. The number of amides is 1. The molecular formula is C11H11N3O2S2. The van der Waals surface area contributed by atoms with Crippen LogP contribution in [0, 0.1) is 0 Å². The molecule has 0 spiro atoms. The average Bonchev–Trinajstić information content (AvgIpc) is 2.95. The molecule has 7 heteroatoms. The van der Waals surface area contributed by atoms with Gasteiger partial charge in [-0.1, -0.05) is 17.9 Å². The highest BCUT2D eigenvalue weighted by Crippen LogP contribution is 2.30. The van der Waals surface area contributed by atoms with Crippen LogP contribution in [0.2, 0.25) is 0 Å². The molecule has 0 aromatic carbocycles. The second kappa shape index (κ2) is 5.83. The first-order valence-corrected chi connectivity index (χ1v) is 6.89. The van der Waals surface area contributed by atoms with E-state index >= 15 is 0 Å². The molecular weight excluding hydrogens is 270 g/mol. The number of hydrogen-bond acceptors (Lipinski definition) is 6. The van der Waals surface area contributed by atoms with E-state index in [-0.39, 0.29) is 5.91 Å². The van der Waals surface area contributed by atoms with E-state index in [1.54, 1.807) is 24.2 Å². The Hall–Kier alpha value is -1.60. The minimum absolute atomic E-state index is 0.120. The van der Waals surface area contributed by atoms with Gasteiger partial charge in [-0.05, 0) is 0 Å². The summed E-state index contributed by atoms with van der Waals surface area (Å²) in [5.74, 6) is 1.10. The first kappa shape index (κ1) is 12.8. The van der Waals surface area contributed by atoms with Gasteiger partial charge in [0, 0.05) is 18.2 Å². The zero-order valence-electron chi connectivity index (χ0n) is 9.67. The average molecular weight is 281 g/mol. The van der Waals surface area contributed by atoms with Crippen LogP contribution < -0.4 is 5.32 Å². The maximum absolute atomic E-state index is 10.9. The number of hydrogen-bond donors (Lipinski definition) is 1. The van der Waals surface area contributed by atoms with E-state index in [2.05, 4.69) is 21.9 Å². The lowest BCUT2D eigenvalue weighted by molar-refractivity contribution is -0.114. The van der Waals surface area contributed by atoms with Gasteiger partial charge in [0.2, 0.25) is 11.8 Å². The van der Waals surface area contributed by atoms with Crippen LogP contribution in [0.3, 0.4) is 0 Å². The summed E-state index contributed by atoms with van der Waals surface area (Å²) in [6.45, 7) is 5.36. The molecule has 0 aliphatic heterocycles. The standard InChI is InChI=1S/C11H11N3O2S2/c1-7(10-12-3-4-16-10)6-17-9-5-13-11(18-9)14-8(2)15/h3-5H,1,6H2,2H3,(H,13,14,15). The number of nitrogens with zero attached hydrogens (tertiary/aromatic N) is 2. The van der Waals surface area contributed by atoms with Crippen molar-refractivity contribution >= 4 is 39.7 Å². The van der Waals surface area contributed by atoms with Gasteiger partial charge in [-0.3, -0.25) is 4.79 Å². The van der Waals surface area contributed by atoms with Crippen molar-refractivity contribution in [1.82, 2.24) is 9.97 Å². The molecule has 1 N–H and O–H groups in total. The molecule has 0 fully saturated rings. The van der Waals surface area contributed by atoms with Crippen molar-refractivity contribution in [3.63, 3.8) is 0 Å². The number of carbonyl (C=O) groups excluding carboxylic acids is 1. The molecule has 2 heterocycles. The van der Waals surface area contributed by atoms with Gasteiger partial charge in [-0.15, -0.1) is 11.8 Å². The molecule has 2 aromatic rings. The van der Waals surface area contributed by atoms with Crippen LogP contribution >= 0.6 is 23.1 Å². The third-order valence-electron chi connectivity index (χ3n) is 1.89. The van der Waals surface area contributed by atoms with Crippen molar-refractivity contribution in [3.05, 3.63) is 31.1 Å². The van der Waals surface area contributed by atoms with Crippen molar-refractivity contribution in [2.24, 2.45) is 0 Å². The molecule has 2 rings (SSSR count). The molecule has 1 amide bonds. The van der Waals surface area contributed by atoms with Crippen LogP contribution in [0.15, 0.2) is 33.9 Å². The van der Waals surface area contributed by atoms with E-state index in [1.165, 1.54) is 24.5 Å². The van der Waals surface area contributed by atoms with Crippen LogP contribution in [0.5, 0.6) is 0 Å². The highest BCUT2D eigenvalue weighted by molar-refractivity contribution is 8.01. The summed E-state index contributed by atoms with van der Waals surface area (Å²) in [6.07, 6.45) is 4.84. The Morgan fingerprint density at radius 2 is 2.44 bits per heavy atom. The fraction of sp³-hybridized carbons (Fsp3) is 0.182. The quantitative estimate of drug-likeness (QED) is 0.853. The number of rotatable bonds is 5. The van der Waals surface area contributed by atoms with E-state index in [4.69, 9.17) is 4.42 Å². The van der Waals surface area contributed by atoms with E-state index < -0.39 is 0 Å². The van der Waals surface area contributed by atoms with Crippen LogP contribution in [-0.2, 0) is 4.79 Å². The summed E-state index contributed by atoms with van der Waals surface area (Å²) in [4.78, 5) is 19.0. The Morgan fingerprint density at radius 1 is 1.61 bits per heavy atom. The van der Waals surface area contributed by atoms with Crippen LogP contribution in [0.4, 0.5) is 5.13 Å². The minimum atomic E-state index is -0.120. The Morgan fingerprint density at radius 3 is 3.11 bits per heavy atom. The molecule has 5 nitrogen and oxygen atoms in total. The molecule has 0 saturated carbocycles. The van der Waals surface area contributed by atoms with Gasteiger partial charge in [-0.25, -0.2) is 9.97 Å². The summed E-state index contributed by atoms with van der Waals surface area (Å²) in [5.41, 5.74) is 0.819. The number of oxazole rings is 1. The Bertz CT molecular complexity index is 548. The molecule has 0 saturated heterocycles. The third kappa shape index (κ3) is 3.44. The van der Waals surface area contributed by atoms with Crippen LogP contribution in [0.1, 0.15) is 12.8 Å². The molecule has 0 unspecified atom stereocenters. The van der Waals surface area contributed by atoms with E-state index in [9.17, 15) is 4.79 Å². The zero-order valence-corrected chi connectivity index (χ0v) is 11.3. The number of nitrogens with one attached hydrogen (secondary N) is 1. The predicted molar refractivity (Wildman–Crippen MR) is 72.7 cm³/mol. The van der Waals surface area contributed by atoms with Crippen molar-refractivity contribution in [2.45, 2.75) is 11.1 Å². The third-order valence-corrected chi connectivity index (χ3v) is 4.08. The molecule has 0 atom stereocenters. The summed E-state index contributed by atoms with van der Waals surface area (Å²) < 4.78 is 6.15. The SMILES string of the molecule is C=C(CSc1cnc(NC(C)=O)s1)c1ncco1. The maximum Gasteiger partial charge on any atom is 0.223 e. The van der Waals surface area contributed by atoms with E-state index in [0.717, 1.165) is 9.78 Å². The van der Waals surface area contributed by atoms with Crippen molar-refractivity contribution in [3.8, 4) is 0 Å². The van der Waals surface area contributed by atoms with Crippen LogP contribution in [0.25, 0.3) is 5.57 Å². The lowest BCUT2D eigenvalue weighted by atomic mass is 10.3. The number of thioether (sulfide) groups is 1. The highest BCUT2D eigenvalue weighted by Gasteiger charge is 2.07. The highest BCUT2D eigenvalue weighted by atomic mass is 32.2. The first-order chi connectivity index (χ1) is 8.65. The van der Waals surface area contributed by atoms with Crippen LogP contribution in [-0.4, -0.2) is 21.6 Å². The predicted octanol–water partition coefficient (Wildman–Crippen LogP) is 2.90. The van der Waals surface area contributed by atoms with Gasteiger partial charge >= 0.3 is 0 Å². The second-order valence-electron chi connectivity index (χ2n) is 3.40. The van der Waals surface area contributed by atoms with Crippen molar-refractivity contribution in [2.75, 3.05) is 11.1 Å².